The molecule has 1 saturated heterocycles. The zero-order chi connectivity index (χ0) is 15.5. The van der Waals surface area contributed by atoms with Gasteiger partial charge in [-0.25, -0.2) is 8.42 Å². The Morgan fingerprint density at radius 3 is 2.52 bits per heavy atom. The van der Waals surface area contributed by atoms with Crippen LogP contribution in [0.1, 0.15) is 12.0 Å². The standard InChI is InChI=1S/C14H22N2O4S/c15-12-3-1-11(2-4-12)7-16(8-14(18)9-17)13-5-6-21(19,20)10-13/h1-4,13-14,17-18H,5-10,15H2/t13-,14-/m1/s1. The van der Waals surface area contributed by atoms with E-state index in [2.05, 4.69) is 0 Å². The molecule has 1 aromatic rings. The Morgan fingerprint density at radius 2 is 2.00 bits per heavy atom. The van der Waals surface area contributed by atoms with E-state index >= 15 is 0 Å². The number of benzene rings is 1. The van der Waals surface area contributed by atoms with Crippen LogP contribution in [0.4, 0.5) is 5.69 Å². The first-order valence-corrected chi connectivity index (χ1v) is 8.79. The predicted molar refractivity (Wildman–Crippen MR) is 81.4 cm³/mol. The van der Waals surface area contributed by atoms with Crippen LogP contribution in [0.3, 0.4) is 0 Å². The van der Waals surface area contributed by atoms with Gasteiger partial charge in [-0.2, -0.15) is 0 Å². The number of aliphatic hydroxyl groups excluding tert-OH is 2. The molecule has 0 bridgehead atoms. The predicted octanol–water partition coefficient (Wildman–Crippen LogP) is -0.389. The lowest BCUT2D eigenvalue weighted by molar-refractivity contribution is 0.0447. The zero-order valence-electron chi connectivity index (χ0n) is 11.9. The molecule has 2 rings (SSSR count). The molecule has 0 unspecified atom stereocenters. The summed E-state index contributed by atoms with van der Waals surface area (Å²) in [5.74, 6) is 0.297. The van der Waals surface area contributed by atoms with Crippen molar-refractivity contribution >= 4 is 15.5 Å². The fraction of sp³-hybridized carbons (Fsp3) is 0.571. The van der Waals surface area contributed by atoms with Crippen LogP contribution < -0.4 is 5.73 Å². The monoisotopic (exact) mass is 314 g/mol. The molecule has 1 fully saturated rings. The first-order valence-electron chi connectivity index (χ1n) is 6.97. The number of nitrogens with two attached hydrogens (primary N) is 1. The number of nitrogen functional groups attached to an aromatic ring is 1. The number of aliphatic hydroxyl groups is 2. The highest BCUT2D eigenvalue weighted by Gasteiger charge is 2.32. The Bertz CT molecular complexity index is 559. The average Bonchev–Trinajstić information content (AvgIpc) is 2.80. The summed E-state index contributed by atoms with van der Waals surface area (Å²) in [6.45, 7) is 0.441. The van der Waals surface area contributed by atoms with Gasteiger partial charge in [-0.15, -0.1) is 0 Å². The summed E-state index contributed by atoms with van der Waals surface area (Å²) in [5, 5.41) is 18.7. The molecule has 1 heterocycles. The van der Waals surface area contributed by atoms with E-state index in [1.807, 2.05) is 17.0 Å². The maximum atomic E-state index is 11.6. The third-order valence-electron chi connectivity index (χ3n) is 3.75. The second-order valence-corrected chi connectivity index (χ2v) is 7.79. The Morgan fingerprint density at radius 1 is 1.33 bits per heavy atom. The molecule has 0 aliphatic carbocycles. The molecule has 6 nitrogen and oxygen atoms in total. The highest BCUT2D eigenvalue weighted by atomic mass is 32.2. The van der Waals surface area contributed by atoms with E-state index in [4.69, 9.17) is 10.8 Å². The lowest BCUT2D eigenvalue weighted by atomic mass is 10.1. The van der Waals surface area contributed by atoms with E-state index in [-0.39, 0.29) is 30.7 Å². The molecule has 0 amide bonds. The summed E-state index contributed by atoms with van der Waals surface area (Å²) in [5.41, 5.74) is 7.32. The third kappa shape index (κ3) is 4.67. The lowest BCUT2D eigenvalue weighted by Gasteiger charge is -2.29. The summed E-state index contributed by atoms with van der Waals surface area (Å²) in [6.07, 6.45) is -0.308. The fourth-order valence-corrected chi connectivity index (χ4v) is 4.35. The Kier molecular flexibility index (Phi) is 5.21. The smallest absolute Gasteiger partial charge is 0.151 e. The highest BCUT2D eigenvalue weighted by Crippen LogP contribution is 2.20. The molecule has 0 radical (unpaired) electrons. The summed E-state index contributed by atoms with van der Waals surface area (Å²) in [4.78, 5) is 1.93. The van der Waals surface area contributed by atoms with Crippen molar-refractivity contribution < 1.29 is 18.6 Å². The van der Waals surface area contributed by atoms with Crippen LogP contribution in [0.15, 0.2) is 24.3 Å². The number of anilines is 1. The maximum Gasteiger partial charge on any atom is 0.151 e. The number of rotatable bonds is 6. The lowest BCUT2D eigenvalue weighted by Crippen LogP contribution is -2.41. The molecular formula is C14H22N2O4S. The second kappa shape index (κ2) is 6.74. The van der Waals surface area contributed by atoms with Gasteiger partial charge >= 0.3 is 0 Å². The van der Waals surface area contributed by atoms with Crippen LogP contribution in [-0.2, 0) is 16.4 Å². The molecule has 118 valence electrons. The van der Waals surface area contributed by atoms with Gasteiger partial charge in [-0.3, -0.25) is 4.90 Å². The molecule has 7 heteroatoms. The molecule has 21 heavy (non-hydrogen) atoms. The van der Waals surface area contributed by atoms with E-state index in [0.29, 0.717) is 18.7 Å². The summed E-state index contributed by atoms with van der Waals surface area (Å²) in [6, 6.07) is 7.24. The van der Waals surface area contributed by atoms with Gasteiger partial charge < -0.3 is 15.9 Å². The van der Waals surface area contributed by atoms with Gasteiger partial charge in [-0.05, 0) is 24.1 Å². The minimum absolute atomic E-state index is 0.111. The Balaban J connectivity index is 2.10. The highest BCUT2D eigenvalue weighted by molar-refractivity contribution is 7.91. The van der Waals surface area contributed by atoms with Gasteiger partial charge in [-0.1, -0.05) is 12.1 Å². The van der Waals surface area contributed by atoms with Gasteiger partial charge in [0.05, 0.1) is 24.2 Å². The summed E-state index contributed by atoms with van der Waals surface area (Å²) < 4.78 is 23.3. The Labute approximate surface area is 125 Å². The molecule has 0 aromatic heterocycles. The number of hydrogen-bond donors (Lipinski definition) is 3. The normalized spacial score (nSPS) is 22.5. The van der Waals surface area contributed by atoms with Crippen molar-refractivity contribution in [2.45, 2.75) is 25.1 Å². The van der Waals surface area contributed by atoms with Crippen LogP contribution in [0.5, 0.6) is 0 Å². The Hall–Kier alpha value is -1.15. The van der Waals surface area contributed by atoms with Crippen molar-refractivity contribution in [3.63, 3.8) is 0 Å². The van der Waals surface area contributed by atoms with E-state index in [1.54, 1.807) is 12.1 Å². The minimum atomic E-state index is -2.99. The van der Waals surface area contributed by atoms with Crippen LogP contribution >= 0.6 is 0 Å². The minimum Gasteiger partial charge on any atom is -0.399 e. The van der Waals surface area contributed by atoms with Gasteiger partial charge in [0, 0.05) is 24.8 Å². The first kappa shape index (κ1) is 16.2. The van der Waals surface area contributed by atoms with Gasteiger partial charge in [0.2, 0.25) is 0 Å². The molecule has 4 N–H and O–H groups in total. The number of hydrogen-bond acceptors (Lipinski definition) is 6. The van der Waals surface area contributed by atoms with Crippen LogP contribution in [0, 0.1) is 0 Å². The van der Waals surface area contributed by atoms with Crippen molar-refractivity contribution in [3.8, 4) is 0 Å². The van der Waals surface area contributed by atoms with Crippen molar-refractivity contribution in [1.82, 2.24) is 4.90 Å². The van der Waals surface area contributed by atoms with Crippen LogP contribution in [0.25, 0.3) is 0 Å². The van der Waals surface area contributed by atoms with Gasteiger partial charge in [0.25, 0.3) is 0 Å². The van der Waals surface area contributed by atoms with Crippen molar-refractivity contribution in [1.29, 1.82) is 0 Å². The molecule has 0 saturated carbocycles. The van der Waals surface area contributed by atoms with Gasteiger partial charge in [0.1, 0.15) is 0 Å². The van der Waals surface area contributed by atoms with E-state index in [1.165, 1.54) is 0 Å². The summed E-state index contributed by atoms with van der Waals surface area (Å²) in [7, 11) is -2.99. The van der Waals surface area contributed by atoms with Gasteiger partial charge in [0.15, 0.2) is 9.84 Å². The number of nitrogens with zero attached hydrogens (tertiary/aromatic N) is 1. The molecule has 2 atom stereocenters. The zero-order valence-corrected chi connectivity index (χ0v) is 12.7. The summed E-state index contributed by atoms with van der Waals surface area (Å²) >= 11 is 0. The second-order valence-electron chi connectivity index (χ2n) is 5.56. The fourth-order valence-electron chi connectivity index (χ4n) is 2.59. The first-order chi connectivity index (χ1) is 9.89. The van der Waals surface area contributed by atoms with Crippen LogP contribution in [0.2, 0.25) is 0 Å². The van der Waals surface area contributed by atoms with E-state index < -0.39 is 15.9 Å². The van der Waals surface area contributed by atoms with Crippen molar-refractivity contribution in [2.24, 2.45) is 0 Å². The van der Waals surface area contributed by atoms with E-state index in [0.717, 1.165) is 5.56 Å². The van der Waals surface area contributed by atoms with Crippen molar-refractivity contribution in [3.05, 3.63) is 29.8 Å². The van der Waals surface area contributed by atoms with E-state index in [9.17, 15) is 13.5 Å². The quantitative estimate of drug-likeness (QED) is 0.618. The van der Waals surface area contributed by atoms with Crippen LogP contribution in [-0.4, -0.2) is 60.3 Å². The SMILES string of the molecule is Nc1ccc(CN(C[C@@H](O)CO)[C@@H]2CCS(=O)(=O)C2)cc1. The third-order valence-corrected chi connectivity index (χ3v) is 5.50. The molecule has 1 aliphatic heterocycles. The van der Waals surface area contributed by atoms with Crippen molar-refractivity contribution in [2.75, 3.05) is 30.4 Å². The molecule has 1 aromatic carbocycles. The molecular weight excluding hydrogens is 292 g/mol. The maximum absolute atomic E-state index is 11.6. The topological polar surface area (TPSA) is 104 Å². The number of sulfone groups is 1. The molecule has 0 spiro atoms. The molecule has 1 aliphatic rings. The largest absolute Gasteiger partial charge is 0.399 e. The average molecular weight is 314 g/mol.